The third kappa shape index (κ3) is 4.61. The molecule has 3 heterocycles. The average molecular weight is 438 g/mol. The minimum atomic E-state index is -0.657. The Hall–Kier alpha value is -3.35. The highest BCUT2D eigenvalue weighted by atomic mass is 16.5. The number of hydrogen-bond acceptors (Lipinski definition) is 7. The third-order valence-electron chi connectivity index (χ3n) is 5.86. The number of rotatable bonds is 1. The molecule has 2 aromatic rings. The maximum Gasteiger partial charge on any atom is 0.342 e. The lowest BCUT2D eigenvalue weighted by Crippen LogP contribution is -2.23. The summed E-state index contributed by atoms with van der Waals surface area (Å²) in [4.78, 5) is 37.3. The molecular formula is C25H26O7. The van der Waals surface area contributed by atoms with E-state index in [1.54, 1.807) is 31.2 Å². The first-order valence-corrected chi connectivity index (χ1v) is 11.0. The van der Waals surface area contributed by atoms with Crippen molar-refractivity contribution in [2.75, 3.05) is 0 Å². The summed E-state index contributed by atoms with van der Waals surface area (Å²) in [6, 6.07) is 5.01. The van der Waals surface area contributed by atoms with Crippen LogP contribution in [-0.4, -0.2) is 28.9 Å². The van der Waals surface area contributed by atoms with Crippen LogP contribution in [0.2, 0.25) is 0 Å². The van der Waals surface area contributed by atoms with Crippen molar-refractivity contribution in [2.24, 2.45) is 0 Å². The molecule has 0 spiro atoms. The highest BCUT2D eigenvalue weighted by Crippen LogP contribution is 2.47. The van der Waals surface area contributed by atoms with Crippen LogP contribution in [0.4, 0.5) is 0 Å². The van der Waals surface area contributed by atoms with Crippen molar-refractivity contribution in [2.45, 2.75) is 63.9 Å². The average Bonchev–Trinajstić information content (AvgIpc) is 3.27. The molecule has 0 fully saturated rings. The van der Waals surface area contributed by atoms with Crippen molar-refractivity contribution in [1.29, 1.82) is 0 Å². The van der Waals surface area contributed by atoms with E-state index in [1.807, 2.05) is 6.08 Å². The number of furan rings is 1. The summed E-state index contributed by atoms with van der Waals surface area (Å²) in [7, 11) is 0. The van der Waals surface area contributed by atoms with E-state index < -0.39 is 24.0 Å². The molecular weight excluding hydrogens is 412 g/mol. The minimum Gasteiger partial charge on any atom is -0.507 e. The molecule has 0 aliphatic carbocycles. The Balaban J connectivity index is 1.79. The second kappa shape index (κ2) is 9.42. The van der Waals surface area contributed by atoms with Gasteiger partial charge in [-0.1, -0.05) is 12.2 Å². The lowest BCUT2D eigenvalue weighted by atomic mass is 9.86. The number of aromatic hydroxyl groups is 1. The number of hydrogen-bond donors (Lipinski definition) is 1. The molecule has 4 rings (SSSR count). The number of phenols is 1. The van der Waals surface area contributed by atoms with Crippen molar-refractivity contribution in [3.63, 3.8) is 0 Å². The molecule has 0 amide bonds. The number of carbonyl (C=O) groups is 3. The maximum absolute atomic E-state index is 13.1. The molecule has 0 unspecified atom stereocenters. The van der Waals surface area contributed by atoms with Crippen LogP contribution >= 0.6 is 0 Å². The topological polar surface area (TPSA) is 103 Å². The van der Waals surface area contributed by atoms with Crippen LogP contribution in [0, 0.1) is 0 Å². The molecule has 0 radical (unpaired) electrons. The van der Waals surface area contributed by atoms with Crippen LogP contribution in [0.15, 0.2) is 35.0 Å². The summed E-state index contributed by atoms with van der Waals surface area (Å²) in [6.45, 7) is 1.77. The molecule has 0 saturated heterocycles. The fourth-order valence-corrected chi connectivity index (χ4v) is 4.25. The number of benzene rings is 1. The molecule has 7 heteroatoms. The molecule has 7 nitrogen and oxygen atoms in total. The summed E-state index contributed by atoms with van der Waals surface area (Å²) >= 11 is 0. The number of cyclic esters (lactones) is 1. The Bertz CT molecular complexity index is 1050. The summed E-state index contributed by atoms with van der Waals surface area (Å²) < 4.78 is 16.5. The molecule has 168 valence electrons. The highest BCUT2D eigenvalue weighted by molar-refractivity contribution is 5.98. The van der Waals surface area contributed by atoms with Gasteiger partial charge in [0.25, 0.3) is 0 Å². The van der Waals surface area contributed by atoms with Gasteiger partial charge >= 0.3 is 11.9 Å². The summed E-state index contributed by atoms with van der Waals surface area (Å²) in [6.07, 6.45) is 8.13. The van der Waals surface area contributed by atoms with E-state index in [2.05, 4.69) is 0 Å². The molecule has 2 aliphatic rings. The fraction of sp³-hybridized carbons (Fsp3) is 0.400. The molecule has 0 saturated carbocycles. The van der Waals surface area contributed by atoms with E-state index in [0.29, 0.717) is 55.4 Å². The Labute approximate surface area is 186 Å². The number of fused-ring (bicyclic) bond motifs is 2. The van der Waals surface area contributed by atoms with Gasteiger partial charge in [0.15, 0.2) is 0 Å². The van der Waals surface area contributed by atoms with E-state index in [0.717, 1.165) is 0 Å². The lowest BCUT2D eigenvalue weighted by molar-refractivity contribution is -0.135. The Morgan fingerprint density at radius 2 is 1.94 bits per heavy atom. The van der Waals surface area contributed by atoms with Gasteiger partial charge in [-0.3, -0.25) is 9.59 Å². The fourth-order valence-electron chi connectivity index (χ4n) is 4.25. The SMILES string of the molecule is C[C@@H]1CCCC(=O)CCC/C=C/c2cc3c(c(O)c2C(=O)O1)[C@@H](c1ccco1)CC(=O)O3. The Morgan fingerprint density at radius 1 is 1.12 bits per heavy atom. The second-order valence-corrected chi connectivity index (χ2v) is 8.29. The van der Waals surface area contributed by atoms with Crippen molar-refractivity contribution < 1.29 is 33.4 Å². The summed E-state index contributed by atoms with van der Waals surface area (Å²) in [5.74, 6) is -1.04. The van der Waals surface area contributed by atoms with E-state index in [9.17, 15) is 19.5 Å². The smallest absolute Gasteiger partial charge is 0.342 e. The van der Waals surface area contributed by atoms with Crippen LogP contribution in [0.5, 0.6) is 11.5 Å². The number of ketones is 1. The summed E-state index contributed by atoms with van der Waals surface area (Å²) in [5.41, 5.74) is 0.771. The quantitative estimate of drug-likeness (QED) is 0.498. The van der Waals surface area contributed by atoms with Gasteiger partial charge in [0.2, 0.25) is 0 Å². The Morgan fingerprint density at radius 3 is 2.72 bits per heavy atom. The largest absolute Gasteiger partial charge is 0.507 e. The van der Waals surface area contributed by atoms with Crippen molar-refractivity contribution in [3.05, 3.63) is 53.0 Å². The van der Waals surface area contributed by atoms with Crippen LogP contribution in [0.25, 0.3) is 6.08 Å². The molecule has 2 atom stereocenters. The maximum atomic E-state index is 13.1. The zero-order chi connectivity index (χ0) is 22.7. The van der Waals surface area contributed by atoms with Crippen LogP contribution in [0.3, 0.4) is 0 Å². The van der Waals surface area contributed by atoms with E-state index >= 15 is 0 Å². The van der Waals surface area contributed by atoms with Gasteiger partial charge in [-0.2, -0.15) is 0 Å². The number of Topliss-reactive ketones (excluding diaryl/α,β-unsaturated/α-hetero) is 1. The second-order valence-electron chi connectivity index (χ2n) is 8.29. The monoisotopic (exact) mass is 438 g/mol. The molecule has 0 bridgehead atoms. The van der Waals surface area contributed by atoms with Gasteiger partial charge in [0.1, 0.15) is 28.6 Å². The van der Waals surface area contributed by atoms with Gasteiger partial charge in [-0.05, 0) is 56.4 Å². The first kappa shape index (κ1) is 21.9. The lowest BCUT2D eigenvalue weighted by Gasteiger charge is -2.26. The van der Waals surface area contributed by atoms with E-state index in [1.165, 1.54) is 6.26 Å². The number of allylic oxidation sites excluding steroid dienone is 1. The number of phenolic OH excluding ortho intramolecular Hbond substituents is 1. The predicted molar refractivity (Wildman–Crippen MR) is 116 cm³/mol. The van der Waals surface area contributed by atoms with Crippen LogP contribution in [-0.2, 0) is 14.3 Å². The minimum absolute atomic E-state index is 0.0117. The molecule has 1 aromatic carbocycles. The number of esters is 2. The van der Waals surface area contributed by atoms with Crippen LogP contribution < -0.4 is 4.74 Å². The molecule has 1 N–H and O–H groups in total. The van der Waals surface area contributed by atoms with Crippen LogP contribution in [0.1, 0.15) is 85.0 Å². The molecule has 1 aromatic heterocycles. The number of carbonyl (C=O) groups excluding carboxylic acids is 3. The van der Waals surface area contributed by atoms with Gasteiger partial charge in [-0.15, -0.1) is 0 Å². The zero-order valence-electron chi connectivity index (χ0n) is 18.0. The van der Waals surface area contributed by atoms with Gasteiger partial charge in [0.05, 0.1) is 24.7 Å². The summed E-state index contributed by atoms with van der Waals surface area (Å²) in [5, 5.41) is 11.2. The van der Waals surface area contributed by atoms with Crippen molar-refractivity contribution in [3.8, 4) is 11.5 Å². The molecule has 32 heavy (non-hydrogen) atoms. The highest BCUT2D eigenvalue weighted by Gasteiger charge is 2.36. The van der Waals surface area contributed by atoms with Gasteiger partial charge in [-0.25, -0.2) is 4.79 Å². The first-order valence-electron chi connectivity index (χ1n) is 11.0. The Kier molecular flexibility index (Phi) is 6.44. The number of ether oxygens (including phenoxy) is 2. The van der Waals surface area contributed by atoms with Gasteiger partial charge < -0.3 is 19.0 Å². The first-order chi connectivity index (χ1) is 15.4. The zero-order valence-corrected chi connectivity index (χ0v) is 18.0. The van der Waals surface area contributed by atoms with E-state index in [-0.39, 0.29) is 29.3 Å². The molecule has 2 aliphatic heterocycles. The predicted octanol–water partition coefficient (Wildman–Crippen LogP) is 4.91. The van der Waals surface area contributed by atoms with Crippen molar-refractivity contribution >= 4 is 23.8 Å². The van der Waals surface area contributed by atoms with Crippen molar-refractivity contribution in [1.82, 2.24) is 0 Å². The third-order valence-corrected chi connectivity index (χ3v) is 5.86. The standard InChI is InChI=1S/C25H26O7/c1-15-7-5-10-17(26)9-4-2-3-8-16-13-20-23(24(28)22(16)25(29)31-15)18(14-21(27)32-20)19-11-6-12-30-19/h3,6,8,11-13,15,18,28H,2,4-5,7,9-10,14H2,1H3/b8-3+/t15-,18-/m1/s1. The van der Waals surface area contributed by atoms with E-state index in [4.69, 9.17) is 13.9 Å². The van der Waals surface area contributed by atoms with Gasteiger partial charge in [0, 0.05) is 18.4 Å². The normalized spacial score (nSPS) is 23.3.